The molecule has 13 heavy (non-hydrogen) atoms. The van der Waals surface area contributed by atoms with Crippen LogP contribution in [0, 0.1) is 0 Å². The van der Waals surface area contributed by atoms with Crippen molar-refractivity contribution in [2.45, 2.75) is 13.8 Å². The van der Waals surface area contributed by atoms with Gasteiger partial charge in [-0.15, -0.1) is 0 Å². The van der Waals surface area contributed by atoms with Gasteiger partial charge in [0.2, 0.25) is 0 Å². The van der Waals surface area contributed by atoms with Gasteiger partial charge < -0.3 is 9.26 Å². The lowest BCUT2D eigenvalue weighted by atomic mass is 10.8. The van der Waals surface area contributed by atoms with E-state index in [0.29, 0.717) is 6.61 Å². The Balaban J connectivity index is 3.97. The number of ether oxygens (including phenoxy) is 1. The highest BCUT2D eigenvalue weighted by molar-refractivity contribution is 7.53. The van der Waals surface area contributed by atoms with Crippen LogP contribution in [-0.4, -0.2) is 32.5 Å². The number of hydrogen-bond donors (Lipinski definition) is 0. The van der Waals surface area contributed by atoms with E-state index in [9.17, 15) is 9.36 Å². The maximum absolute atomic E-state index is 11.6. The van der Waals surface area contributed by atoms with Crippen molar-refractivity contribution in [3.05, 3.63) is 0 Å². The van der Waals surface area contributed by atoms with Crippen LogP contribution in [0.3, 0.4) is 0 Å². The molecule has 0 spiro atoms. The van der Waals surface area contributed by atoms with Gasteiger partial charge in [-0.1, -0.05) is 6.92 Å². The van der Waals surface area contributed by atoms with E-state index >= 15 is 0 Å². The summed E-state index contributed by atoms with van der Waals surface area (Å²) in [6.45, 7) is 3.35. The molecule has 0 aliphatic rings. The van der Waals surface area contributed by atoms with Crippen LogP contribution in [0.1, 0.15) is 13.8 Å². The number of carbonyl (C=O) groups excluding carboxylic acids is 1. The normalized spacial score (nSPS) is 15.0. The standard InChI is InChI=1S/C7H15O5P/c1-4-11-13(9,5-2)12-6-7(8)10-3/h4-6H2,1-3H3. The van der Waals surface area contributed by atoms with Gasteiger partial charge in [-0.2, -0.15) is 0 Å². The largest absolute Gasteiger partial charge is 0.467 e. The minimum atomic E-state index is -3.07. The summed E-state index contributed by atoms with van der Waals surface area (Å²) in [5, 5.41) is 0. The van der Waals surface area contributed by atoms with Crippen LogP contribution in [0.5, 0.6) is 0 Å². The molecule has 0 rings (SSSR count). The summed E-state index contributed by atoms with van der Waals surface area (Å²) >= 11 is 0. The minimum absolute atomic E-state index is 0.248. The summed E-state index contributed by atoms with van der Waals surface area (Å²) in [4.78, 5) is 10.7. The van der Waals surface area contributed by atoms with Crippen molar-refractivity contribution in [3.8, 4) is 0 Å². The van der Waals surface area contributed by atoms with E-state index in [2.05, 4.69) is 4.74 Å². The fraction of sp³-hybridized carbons (Fsp3) is 0.857. The summed E-state index contributed by atoms with van der Waals surface area (Å²) < 4.78 is 25.6. The fourth-order valence-corrected chi connectivity index (χ4v) is 1.76. The fourth-order valence-electron chi connectivity index (χ4n) is 0.627. The first-order valence-electron chi connectivity index (χ1n) is 4.03. The highest BCUT2D eigenvalue weighted by Crippen LogP contribution is 2.47. The summed E-state index contributed by atoms with van der Waals surface area (Å²) in [6, 6.07) is 0. The molecule has 1 unspecified atom stereocenters. The summed E-state index contributed by atoms with van der Waals surface area (Å²) in [5.41, 5.74) is 0. The molecule has 5 nitrogen and oxygen atoms in total. The molecule has 0 aliphatic heterocycles. The molecule has 0 fully saturated rings. The van der Waals surface area contributed by atoms with Gasteiger partial charge in [0.1, 0.15) is 0 Å². The maximum atomic E-state index is 11.6. The summed E-state index contributed by atoms with van der Waals surface area (Å²) in [5.74, 6) is -0.562. The van der Waals surface area contributed by atoms with Gasteiger partial charge in [-0.25, -0.2) is 4.79 Å². The van der Waals surface area contributed by atoms with Crippen LogP contribution < -0.4 is 0 Å². The van der Waals surface area contributed by atoms with Crippen molar-refractivity contribution in [1.29, 1.82) is 0 Å². The summed E-state index contributed by atoms with van der Waals surface area (Å²) in [7, 11) is -1.83. The van der Waals surface area contributed by atoms with Gasteiger partial charge in [0.15, 0.2) is 6.61 Å². The van der Waals surface area contributed by atoms with E-state index < -0.39 is 13.6 Å². The lowest BCUT2D eigenvalue weighted by molar-refractivity contribution is -0.143. The topological polar surface area (TPSA) is 61.8 Å². The molecular weight excluding hydrogens is 195 g/mol. The quantitative estimate of drug-likeness (QED) is 0.490. The lowest BCUT2D eigenvalue weighted by Crippen LogP contribution is -2.10. The molecule has 0 N–H and O–H groups in total. The van der Waals surface area contributed by atoms with Crippen molar-refractivity contribution in [2.75, 3.05) is 26.5 Å². The average molecular weight is 210 g/mol. The zero-order valence-electron chi connectivity index (χ0n) is 8.11. The predicted molar refractivity (Wildman–Crippen MR) is 47.7 cm³/mol. The second kappa shape index (κ2) is 6.13. The average Bonchev–Trinajstić information content (AvgIpc) is 2.15. The van der Waals surface area contributed by atoms with Crippen LogP contribution in [0.4, 0.5) is 0 Å². The van der Waals surface area contributed by atoms with Crippen molar-refractivity contribution < 1.29 is 23.1 Å². The van der Waals surface area contributed by atoms with Crippen LogP contribution in [0.2, 0.25) is 0 Å². The molecular formula is C7H15O5P. The number of esters is 1. The smallest absolute Gasteiger partial charge is 0.332 e. The van der Waals surface area contributed by atoms with Gasteiger partial charge in [0.25, 0.3) is 0 Å². The van der Waals surface area contributed by atoms with Crippen molar-refractivity contribution in [1.82, 2.24) is 0 Å². The molecule has 78 valence electrons. The second-order valence-corrected chi connectivity index (χ2v) is 4.57. The summed E-state index contributed by atoms with van der Waals surface area (Å²) in [6.07, 6.45) is 0.248. The molecule has 0 amide bonds. The lowest BCUT2D eigenvalue weighted by Gasteiger charge is -2.14. The Kier molecular flexibility index (Phi) is 5.95. The van der Waals surface area contributed by atoms with Gasteiger partial charge in [0.05, 0.1) is 13.7 Å². The molecule has 0 aromatic heterocycles. The molecule has 0 heterocycles. The molecule has 0 radical (unpaired) electrons. The zero-order chi connectivity index (χ0) is 10.3. The van der Waals surface area contributed by atoms with Crippen LogP contribution in [0.25, 0.3) is 0 Å². The van der Waals surface area contributed by atoms with Crippen molar-refractivity contribution >= 4 is 13.6 Å². The number of methoxy groups -OCH3 is 1. The maximum Gasteiger partial charge on any atom is 0.332 e. The number of carbonyl (C=O) groups is 1. The van der Waals surface area contributed by atoms with E-state index in [1.54, 1.807) is 13.8 Å². The first kappa shape index (κ1) is 12.6. The minimum Gasteiger partial charge on any atom is -0.467 e. The Morgan fingerprint density at radius 3 is 2.31 bits per heavy atom. The first-order chi connectivity index (χ1) is 6.08. The van der Waals surface area contributed by atoms with E-state index in [1.807, 2.05) is 0 Å². The van der Waals surface area contributed by atoms with Gasteiger partial charge in [0, 0.05) is 6.16 Å². The first-order valence-corrected chi connectivity index (χ1v) is 5.75. The van der Waals surface area contributed by atoms with Gasteiger partial charge in [-0.05, 0) is 6.92 Å². The molecule has 0 aromatic carbocycles. The monoisotopic (exact) mass is 210 g/mol. The molecule has 0 saturated carbocycles. The Morgan fingerprint density at radius 1 is 1.31 bits per heavy atom. The third-order valence-corrected chi connectivity index (χ3v) is 3.27. The van der Waals surface area contributed by atoms with E-state index in [1.165, 1.54) is 7.11 Å². The van der Waals surface area contributed by atoms with E-state index in [0.717, 1.165) is 0 Å². The van der Waals surface area contributed by atoms with Gasteiger partial charge in [-0.3, -0.25) is 9.09 Å². The zero-order valence-corrected chi connectivity index (χ0v) is 9.00. The highest BCUT2D eigenvalue weighted by atomic mass is 31.2. The van der Waals surface area contributed by atoms with Crippen molar-refractivity contribution in [2.24, 2.45) is 0 Å². The second-order valence-electron chi connectivity index (χ2n) is 2.19. The number of hydrogen-bond acceptors (Lipinski definition) is 5. The van der Waals surface area contributed by atoms with E-state index in [-0.39, 0.29) is 12.8 Å². The molecule has 0 aliphatic carbocycles. The molecule has 0 bridgehead atoms. The Hall–Kier alpha value is -0.380. The third kappa shape index (κ3) is 5.03. The Labute approximate surface area is 77.9 Å². The van der Waals surface area contributed by atoms with Crippen molar-refractivity contribution in [3.63, 3.8) is 0 Å². The molecule has 0 saturated heterocycles. The van der Waals surface area contributed by atoms with Crippen LogP contribution in [0.15, 0.2) is 0 Å². The van der Waals surface area contributed by atoms with E-state index in [4.69, 9.17) is 9.05 Å². The SMILES string of the molecule is CCOP(=O)(CC)OCC(=O)OC. The van der Waals surface area contributed by atoms with Crippen LogP contribution >= 0.6 is 7.60 Å². The van der Waals surface area contributed by atoms with Gasteiger partial charge >= 0.3 is 13.6 Å². The Bertz CT molecular complexity index is 203. The molecule has 0 aromatic rings. The molecule has 6 heteroatoms. The number of rotatable bonds is 6. The van der Waals surface area contributed by atoms with Crippen LogP contribution in [-0.2, 0) is 23.1 Å². The predicted octanol–water partition coefficient (Wildman–Crippen LogP) is 1.43. The highest BCUT2D eigenvalue weighted by Gasteiger charge is 2.22. The molecule has 1 atom stereocenters. The third-order valence-electron chi connectivity index (χ3n) is 1.32. The Morgan fingerprint density at radius 2 is 1.92 bits per heavy atom.